The molecule has 0 saturated carbocycles. The maximum absolute atomic E-state index is 12.3. The number of thiazole rings is 1. The van der Waals surface area contributed by atoms with Crippen molar-refractivity contribution < 1.29 is 4.79 Å². The molecule has 8 heteroatoms. The molecular formula is C21H30IN5OS. The van der Waals surface area contributed by atoms with E-state index >= 15 is 0 Å². The van der Waals surface area contributed by atoms with Gasteiger partial charge in [-0.2, -0.15) is 0 Å². The lowest BCUT2D eigenvalue weighted by molar-refractivity contribution is -0.127. The number of guanidine groups is 1. The van der Waals surface area contributed by atoms with E-state index in [0.717, 1.165) is 42.7 Å². The third kappa shape index (κ3) is 6.95. The lowest BCUT2D eigenvalue weighted by atomic mass is 10.1. The largest absolute Gasteiger partial charge is 0.356 e. The van der Waals surface area contributed by atoms with E-state index in [9.17, 15) is 4.79 Å². The van der Waals surface area contributed by atoms with Gasteiger partial charge in [-0.1, -0.05) is 30.3 Å². The third-order valence-corrected chi connectivity index (χ3v) is 6.14. The van der Waals surface area contributed by atoms with Crippen molar-refractivity contribution in [2.75, 3.05) is 26.7 Å². The van der Waals surface area contributed by atoms with Crippen LogP contribution in [0.2, 0.25) is 0 Å². The number of aromatic nitrogens is 1. The van der Waals surface area contributed by atoms with Gasteiger partial charge < -0.3 is 15.5 Å². The fourth-order valence-corrected chi connectivity index (χ4v) is 4.22. The summed E-state index contributed by atoms with van der Waals surface area (Å²) in [5, 5.41) is 7.72. The number of rotatable bonds is 7. The Morgan fingerprint density at radius 2 is 2.03 bits per heavy atom. The number of nitrogens with zero attached hydrogens (tertiary/aromatic N) is 3. The first kappa shape index (κ1) is 23.6. The molecule has 1 aromatic carbocycles. The average molecular weight is 527 g/mol. The van der Waals surface area contributed by atoms with Crippen molar-refractivity contribution in [1.82, 2.24) is 20.5 Å². The Morgan fingerprint density at radius 1 is 1.28 bits per heavy atom. The van der Waals surface area contributed by atoms with Gasteiger partial charge in [0.2, 0.25) is 5.91 Å². The van der Waals surface area contributed by atoms with Gasteiger partial charge in [-0.15, -0.1) is 35.3 Å². The van der Waals surface area contributed by atoms with Crippen LogP contribution < -0.4 is 10.6 Å². The Balaban J connectivity index is 0.00000300. The first-order chi connectivity index (χ1) is 13.5. The Labute approximate surface area is 194 Å². The summed E-state index contributed by atoms with van der Waals surface area (Å²) in [5.74, 6) is 1.31. The van der Waals surface area contributed by atoms with Crippen molar-refractivity contribution >= 4 is 47.2 Å². The molecule has 0 bridgehead atoms. The number of aryl methyl sites for hydroxylation is 2. The molecule has 1 amide bonds. The van der Waals surface area contributed by atoms with Gasteiger partial charge in [0.05, 0.1) is 12.2 Å². The standard InChI is InChI=1S/C21H29N5OS.HI/c1-15-16(2)28-19(25-15)13-24-21(22-3)23-12-18-11-20(27)26(14-18)10-9-17-7-5-4-6-8-17;/h4-8,18H,9-14H2,1-3H3,(H2,22,23,24);1H. The molecule has 2 N–H and O–H groups in total. The summed E-state index contributed by atoms with van der Waals surface area (Å²) in [4.78, 5) is 24.4. The molecule has 0 spiro atoms. The number of carbonyl (C=O) groups is 1. The molecule has 1 aromatic heterocycles. The van der Waals surface area contributed by atoms with Crippen molar-refractivity contribution in [3.8, 4) is 0 Å². The zero-order valence-electron chi connectivity index (χ0n) is 17.3. The number of likely N-dealkylation sites (tertiary alicyclic amines) is 1. The molecule has 6 nitrogen and oxygen atoms in total. The van der Waals surface area contributed by atoms with Gasteiger partial charge in [0.15, 0.2) is 5.96 Å². The first-order valence-corrected chi connectivity index (χ1v) is 10.6. The van der Waals surface area contributed by atoms with Crippen molar-refractivity contribution in [2.24, 2.45) is 10.9 Å². The normalized spacial score (nSPS) is 16.7. The van der Waals surface area contributed by atoms with Crippen LogP contribution in [-0.4, -0.2) is 48.4 Å². The van der Waals surface area contributed by atoms with Crippen LogP contribution in [-0.2, 0) is 17.8 Å². The Bertz CT molecular complexity index is 804. The number of hydrogen-bond acceptors (Lipinski definition) is 4. The second-order valence-electron chi connectivity index (χ2n) is 7.20. The highest BCUT2D eigenvalue weighted by Gasteiger charge is 2.29. The lowest BCUT2D eigenvalue weighted by Crippen LogP contribution is -2.40. The summed E-state index contributed by atoms with van der Waals surface area (Å²) >= 11 is 1.71. The van der Waals surface area contributed by atoms with E-state index < -0.39 is 0 Å². The number of benzene rings is 1. The van der Waals surface area contributed by atoms with Crippen LogP contribution in [0.1, 0.15) is 27.6 Å². The topological polar surface area (TPSA) is 69.6 Å². The van der Waals surface area contributed by atoms with Crippen LogP contribution in [0.15, 0.2) is 35.3 Å². The number of carbonyl (C=O) groups excluding carboxylic acids is 1. The number of nitrogens with one attached hydrogen (secondary N) is 2. The van der Waals surface area contributed by atoms with E-state index in [0.29, 0.717) is 18.9 Å². The van der Waals surface area contributed by atoms with Crippen LogP contribution in [0.3, 0.4) is 0 Å². The highest BCUT2D eigenvalue weighted by Crippen LogP contribution is 2.18. The van der Waals surface area contributed by atoms with Crippen LogP contribution in [0, 0.1) is 19.8 Å². The van der Waals surface area contributed by atoms with Gasteiger partial charge in [-0.05, 0) is 25.8 Å². The summed E-state index contributed by atoms with van der Waals surface area (Å²) in [6.45, 7) is 7.11. The molecule has 0 aliphatic carbocycles. The van der Waals surface area contributed by atoms with Crippen LogP contribution in [0.25, 0.3) is 0 Å². The first-order valence-electron chi connectivity index (χ1n) is 9.74. The predicted molar refractivity (Wildman–Crippen MR) is 130 cm³/mol. The van der Waals surface area contributed by atoms with Crippen molar-refractivity contribution in [3.05, 3.63) is 51.5 Å². The molecule has 2 aromatic rings. The van der Waals surface area contributed by atoms with E-state index in [4.69, 9.17) is 0 Å². The maximum atomic E-state index is 12.3. The van der Waals surface area contributed by atoms with Gasteiger partial charge in [-0.3, -0.25) is 9.79 Å². The highest BCUT2D eigenvalue weighted by molar-refractivity contribution is 14.0. The van der Waals surface area contributed by atoms with Crippen LogP contribution in [0.5, 0.6) is 0 Å². The monoisotopic (exact) mass is 527 g/mol. The number of halogens is 1. The molecule has 0 radical (unpaired) electrons. The summed E-state index contributed by atoms with van der Waals surface area (Å²) < 4.78 is 0. The van der Waals surface area contributed by atoms with E-state index in [-0.39, 0.29) is 29.9 Å². The molecule has 29 heavy (non-hydrogen) atoms. The minimum Gasteiger partial charge on any atom is -0.356 e. The summed E-state index contributed by atoms with van der Waals surface area (Å²) in [5.41, 5.74) is 2.36. The molecule has 1 fully saturated rings. The Hall–Kier alpha value is -1.68. The second kappa shape index (κ2) is 11.5. The Morgan fingerprint density at radius 3 is 2.69 bits per heavy atom. The van der Waals surface area contributed by atoms with Crippen LogP contribution >= 0.6 is 35.3 Å². The fourth-order valence-electron chi connectivity index (χ4n) is 3.35. The quantitative estimate of drug-likeness (QED) is 0.330. The molecule has 1 unspecified atom stereocenters. The second-order valence-corrected chi connectivity index (χ2v) is 8.49. The van der Waals surface area contributed by atoms with Crippen LogP contribution in [0.4, 0.5) is 0 Å². The maximum Gasteiger partial charge on any atom is 0.223 e. The Kier molecular flexibility index (Phi) is 9.35. The summed E-state index contributed by atoms with van der Waals surface area (Å²) in [6, 6.07) is 10.3. The van der Waals surface area contributed by atoms with Crippen molar-refractivity contribution in [3.63, 3.8) is 0 Å². The summed E-state index contributed by atoms with van der Waals surface area (Å²) in [6.07, 6.45) is 1.51. The van der Waals surface area contributed by atoms with Gasteiger partial charge in [-0.25, -0.2) is 4.98 Å². The molecule has 1 saturated heterocycles. The molecular weight excluding hydrogens is 497 g/mol. The van der Waals surface area contributed by atoms with E-state index in [1.165, 1.54) is 10.4 Å². The predicted octanol–water partition coefficient (Wildman–Crippen LogP) is 3.13. The molecule has 1 aliphatic rings. The van der Waals surface area contributed by atoms with Crippen molar-refractivity contribution in [1.29, 1.82) is 0 Å². The molecule has 1 aliphatic heterocycles. The molecule has 1 atom stereocenters. The minimum absolute atomic E-state index is 0. The molecule has 2 heterocycles. The highest BCUT2D eigenvalue weighted by atomic mass is 127. The zero-order valence-corrected chi connectivity index (χ0v) is 20.4. The number of amides is 1. The number of aliphatic imine (C=N–C) groups is 1. The minimum atomic E-state index is 0. The summed E-state index contributed by atoms with van der Waals surface area (Å²) in [7, 11) is 1.76. The fraction of sp³-hybridized carbons (Fsp3) is 0.476. The lowest BCUT2D eigenvalue weighted by Gasteiger charge is -2.17. The van der Waals surface area contributed by atoms with Gasteiger partial charge >= 0.3 is 0 Å². The number of hydrogen-bond donors (Lipinski definition) is 2. The third-order valence-electron chi connectivity index (χ3n) is 5.07. The van der Waals surface area contributed by atoms with Crippen molar-refractivity contribution in [2.45, 2.75) is 33.2 Å². The molecule has 3 rings (SSSR count). The van der Waals surface area contributed by atoms with E-state index in [1.807, 2.05) is 30.0 Å². The molecule has 158 valence electrons. The van der Waals surface area contributed by atoms with E-state index in [1.54, 1.807) is 18.4 Å². The van der Waals surface area contributed by atoms with Gasteiger partial charge in [0, 0.05) is 43.9 Å². The SMILES string of the molecule is CN=C(NCc1nc(C)c(C)s1)NCC1CC(=O)N(CCc2ccccc2)C1.I. The average Bonchev–Trinajstić information content (AvgIpc) is 3.22. The van der Waals surface area contributed by atoms with Gasteiger partial charge in [0.1, 0.15) is 5.01 Å². The zero-order chi connectivity index (χ0) is 19.9. The van der Waals surface area contributed by atoms with E-state index in [2.05, 4.69) is 39.7 Å². The van der Waals surface area contributed by atoms with Gasteiger partial charge in [0.25, 0.3) is 0 Å². The smallest absolute Gasteiger partial charge is 0.223 e.